The SMILES string of the molecule is Cc1ccc(CCNC2=NCC=C(N3CCCn4c3nc(-c3ccccc3)cc4=O)N2)cc1C. The van der Waals surface area contributed by atoms with Crippen LogP contribution in [0.2, 0.25) is 0 Å². The molecule has 3 aromatic rings. The van der Waals surface area contributed by atoms with Gasteiger partial charge in [-0.25, -0.2) is 9.98 Å². The number of anilines is 1. The monoisotopic (exact) mass is 454 g/mol. The van der Waals surface area contributed by atoms with Crippen molar-refractivity contribution in [3.8, 4) is 11.3 Å². The standard InChI is InChI=1S/C27H30N6O/c1-19-9-10-21(17-20(19)2)11-13-28-26-29-14-12-24(31-26)32-15-6-16-33-25(34)18-23(30-27(32)33)22-7-4-3-5-8-22/h3-5,7-10,12,17-18H,6,11,13-16H2,1-2H3,(H2,28,29,31). The van der Waals surface area contributed by atoms with Gasteiger partial charge in [0.2, 0.25) is 5.95 Å². The maximum Gasteiger partial charge on any atom is 0.255 e. The second-order valence-corrected chi connectivity index (χ2v) is 8.80. The van der Waals surface area contributed by atoms with Crippen molar-refractivity contribution in [2.75, 3.05) is 24.5 Å². The Bertz CT molecular complexity index is 1310. The minimum atomic E-state index is -0.0228. The highest BCUT2D eigenvalue weighted by atomic mass is 16.1. The van der Waals surface area contributed by atoms with Crippen LogP contribution in [0.15, 0.2) is 76.3 Å². The maximum atomic E-state index is 12.9. The quantitative estimate of drug-likeness (QED) is 0.618. The van der Waals surface area contributed by atoms with Crippen LogP contribution >= 0.6 is 0 Å². The molecule has 0 radical (unpaired) electrons. The van der Waals surface area contributed by atoms with E-state index in [2.05, 4.69) is 52.6 Å². The van der Waals surface area contributed by atoms with E-state index in [1.54, 1.807) is 10.6 Å². The molecule has 34 heavy (non-hydrogen) atoms. The van der Waals surface area contributed by atoms with E-state index >= 15 is 0 Å². The van der Waals surface area contributed by atoms with Gasteiger partial charge in [0.1, 0.15) is 5.82 Å². The second kappa shape index (κ2) is 9.55. The van der Waals surface area contributed by atoms with Crippen molar-refractivity contribution in [2.45, 2.75) is 33.2 Å². The van der Waals surface area contributed by atoms with Crippen molar-refractivity contribution in [2.24, 2.45) is 4.99 Å². The molecule has 3 heterocycles. The van der Waals surface area contributed by atoms with Gasteiger partial charge in [0.25, 0.3) is 5.56 Å². The molecule has 2 N–H and O–H groups in total. The normalized spacial score (nSPS) is 15.2. The third-order valence-electron chi connectivity index (χ3n) is 6.41. The Morgan fingerprint density at radius 2 is 1.88 bits per heavy atom. The minimum Gasteiger partial charge on any atom is -0.356 e. The van der Waals surface area contributed by atoms with Crippen LogP contribution in [0.3, 0.4) is 0 Å². The molecule has 0 amide bonds. The van der Waals surface area contributed by atoms with E-state index in [1.807, 2.05) is 36.4 Å². The molecule has 2 aliphatic rings. The van der Waals surface area contributed by atoms with Crippen molar-refractivity contribution in [1.82, 2.24) is 20.2 Å². The summed E-state index contributed by atoms with van der Waals surface area (Å²) in [6.07, 6.45) is 3.85. The number of aromatic nitrogens is 2. The zero-order valence-electron chi connectivity index (χ0n) is 19.7. The first-order valence-corrected chi connectivity index (χ1v) is 11.8. The fourth-order valence-corrected chi connectivity index (χ4v) is 4.38. The number of aliphatic imine (C=N–C) groups is 1. The lowest BCUT2D eigenvalue weighted by Gasteiger charge is -2.34. The van der Waals surface area contributed by atoms with E-state index in [0.717, 1.165) is 43.3 Å². The lowest BCUT2D eigenvalue weighted by Crippen LogP contribution is -2.48. The van der Waals surface area contributed by atoms with Crippen molar-refractivity contribution >= 4 is 11.9 Å². The summed E-state index contributed by atoms with van der Waals surface area (Å²) in [5, 5.41) is 6.85. The Morgan fingerprint density at radius 1 is 1.03 bits per heavy atom. The van der Waals surface area contributed by atoms with E-state index in [-0.39, 0.29) is 5.56 Å². The number of hydrogen-bond acceptors (Lipinski definition) is 6. The van der Waals surface area contributed by atoms with E-state index in [4.69, 9.17) is 4.98 Å². The fraction of sp³-hybridized carbons (Fsp3) is 0.296. The van der Waals surface area contributed by atoms with Gasteiger partial charge in [-0.3, -0.25) is 14.3 Å². The summed E-state index contributed by atoms with van der Waals surface area (Å²) in [6, 6.07) is 18.1. The average molecular weight is 455 g/mol. The van der Waals surface area contributed by atoms with Crippen molar-refractivity contribution in [3.63, 3.8) is 0 Å². The molecule has 0 fully saturated rings. The summed E-state index contributed by atoms with van der Waals surface area (Å²) in [5.74, 6) is 2.34. The highest BCUT2D eigenvalue weighted by molar-refractivity contribution is 5.83. The summed E-state index contributed by atoms with van der Waals surface area (Å²) < 4.78 is 1.76. The Kier molecular flexibility index (Phi) is 6.16. The van der Waals surface area contributed by atoms with E-state index < -0.39 is 0 Å². The molecule has 7 nitrogen and oxygen atoms in total. The summed E-state index contributed by atoms with van der Waals surface area (Å²) in [5.41, 5.74) is 5.55. The first kappa shape index (κ1) is 21.9. The van der Waals surface area contributed by atoms with E-state index in [1.165, 1.54) is 16.7 Å². The molecular formula is C27H30N6O. The molecule has 7 heteroatoms. The first-order valence-electron chi connectivity index (χ1n) is 11.8. The summed E-state index contributed by atoms with van der Waals surface area (Å²) >= 11 is 0. The lowest BCUT2D eigenvalue weighted by molar-refractivity contribution is 0.547. The molecule has 0 bridgehead atoms. The third-order valence-corrected chi connectivity index (χ3v) is 6.41. The fourth-order valence-electron chi connectivity index (χ4n) is 4.38. The lowest BCUT2D eigenvalue weighted by atomic mass is 10.0. The molecule has 2 aromatic carbocycles. The van der Waals surface area contributed by atoms with Gasteiger partial charge in [-0.2, -0.15) is 0 Å². The molecule has 0 saturated heterocycles. The van der Waals surface area contributed by atoms with Crippen molar-refractivity contribution in [3.05, 3.63) is 93.5 Å². The largest absolute Gasteiger partial charge is 0.356 e. The molecular weight excluding hydrogens is 424 g/mol. The molecule has 1 aromatic heterocycles. The van der Waals surface area contributed by atoms with Crippen LogP contribution in [0.1, 0.15) is 23.1 Å². The van der Waals surface area contributed by atoms with Crippen molar-refractivity contribution in [1.29, 1.82) is 0 Å². The Balaban J connectivity index is 1.30. The van der Waals surface area contributed by atoms with Gasteiger partial charge in [-0.05, 0) is 49.5 Å². The second-order valence-electron chi connectivity index (χ2n) is 8.80. The number of guanidine groups is 1. The number of rotatable bonds is 5. The number of hydrogen-bond donors (Lipinski definition) is 2. The molecule has 0 saturated carbocycles. The van der Waals surface area contributed by atoms with E-state index in [0.29, 0.717) is 24.7 Å². The number of fused-ring (bicyclic) bond motifs is 1. The van der Waals surface area contributed by atoms with Crippen LogP contribution in [0.25, 0.3) is 11.3 Å². The van der Waals surface area contributed by atoms with Gasteiger partial charge >= 0.3 is 0 Å². The zero-order chi connectivity index (χ0) is 23.5. The van der Waals surface area contributed by atoms with Gasteiger partial charge in [0.05, 0.1) is 12.2 Å². The molecule has 5 rings (SSSR count). The summed E-state index contributed by atoms with van der Waals surface area (Å²) in [6.45, 7) is 7.11. The van der Waals surface area contributed by atoms with Gasteiger partial charge in [-0.1, -0.05) is 48.5 Å². The first-order chi connectivity index (χ1) is 16.6. The zero-order valence-corrected chi connectivity index (χ0v) is 19.7. The van der Waals surface area contributed by atoms with Crippen LogP contribution in [-0.4, -0.2) is 35.1 Å². The minimum absolute atomic E-state index is 0.0228. The van der Waals surface area contributed by atoms with Crippen LogP contribution < -0.4 is 21.1 Å². The molecule has 0 spiro atoms. The molecule has 0 aliphatic carbocycles. The maximum absolute atomic E-state index is 12.9. The Hall–Kier alpha value is -3.87. The molecule has 2 aliphatic heterocycles. The predicted octanol–water partition coefficient (Wildman–Crippen LogP) is 3.37. The summed E-state index contributed by atoms with van der Waals surface area (Å²) in [7, 11) is 0. The molecule has 0 unspecified atom stereocenters. The highest BCUT2D eigenvalue weighted by Gasteiger charge is 2.25. The van der Waals surface area contributed by atoms with Gasteiger partial charge in [0, 0.05) is 31.3 Å². The van der Waals surface area contributed by atoms with Gasteiger partial charge in [-0.15, -0.1) is 0 Å². The van der Waals surface area contributed by atoms with E-state index in [9.17, 15) is 4.79 Å². The number of aryl methyl sites for hydroxylation is 2. The predicted molar refractivity (Wildman–Crippen MR) is 137 cm³/mol. The van der Waals surface area contributed by atoms with Crippen LogP contribution in [-0.2, 0) is 13.0 Å². The van der Waals surface area contributed by atoms with Gasteiger partial charge in [0.15, 0.2) is 5.96 Å². The average Bonchev–Trinajstić information content (AvgIpc) is 2.86. The van der Waals surface area contributed by atoms with Crippen LogP contribution in [0.4, 0.5) is 5.95 Å². The Morgan fingerprint density at radius 3 is 2.71 bits per heavy atom. The number of nitrogens with zero attached hydrogens (tertiary/aromatic N) is 4. The highest BCUT2D eigenvalue weighted by Crippen LogP contribution is 2.24. The molecule has 174 valence electrons. The Labute approximate surface area is 199 Å². The third kappa shape index (κ3) is 4.59. The summed E-state index contributed by atoms with van der Waals surface area (Å²) in [4.78, 5) is 24.5. The number of nitrogens with one attached hydrogen (secondary N) is 2. The number of benzene rings is 2. The molecule has 0 atom stereocenters. The van der Waals surface area contributed by atoms with Crippen LogP contribution in [0, 0.1) is 13.8 Å². The topological polar surface area (TPSA) is 74.5 Å². The van der Waals surface area contributed by atoms with Crippen LogP contribution in [0.5, 0.6) is 0 Å². The smallest absolute Gasteiger partial charge is 0.255 e. The van der Waals surface area contributed by atoms with Crippen molar-refractivity contribution < 1.29 is 0 Å². The van der Waals surface area contributed by atoms with Gasteiger partial charge < -0.3 is 10.6 Å².